The van der Waals surface area contributed by atoms with Crippen LogP contribution >= 0.6 is 0 Å². The van der Waals surface area contributed by atoms with Crippen molar-refractivity contribution >= 4 is 35.6 Å². The molecule has 0 aliphatic heterocycles. The van der Waals surface area contributed by atoms with Gasteiger partial charge in [0, 0.05) is 6.54 Å². The number of primary amides is 1. The fraction of sp³-hybridized carbons (Fsp3) is 0.714. The molecule has 0 aromatic carbocycles. The Kier molecular flexibility index (Phi) is 15.4. The monoisotopic (exact) mass is 515 g/mol. The van der Waals surface area contributed by atoms with E-state index in [1.165, 1.54) is 0 Å². The van der Waals surface area contributed by atoms with Gasteiger partial charge in [-0.3, -0.25) is 24.2 Å². The van der Waals surface area contributed by atoms with Crippen LogP contribution in [0, 0.1) is 5.92 Å². The molecule has 0 heterocycles. The molecule has 4 unspecified atom stereocenters. The van der Waals surface area contributed by atoms with Gasteiger partial charge in [-0.25, -0.2) is 4.79 Å². The molecule has 0 aliphatic carbocycles. The number of carboxylic acid groups (broad SMARTS) is 1. The predicted molar refractivity (Wildman–Crippen MR) is 133 cm³/mol. The van der Waals surface area contributed by atoms with Crippen molar-refractivity contribution in [1.29, 1.82) is 0 Å². The number of guanidine groups is 1. The van der Waals surface area contributed by atoms with Crippen molar-refractivity contribution in [3.8, 4) is 0 Å². The highest BCUT2D eigenvalue weighted by atomic mass is 16.4. The minimum atomic E-state index is -1.26. The number of hydrogen-bond acceptors (Lipinski definition) is 8. The van der Waals surface area contributed by atoms with E-state index in [1.54, 1.807) is 13.8 Å². The molecule has 0 rings (SSSR count). The molecule has 4 amide bonds. The van der Waals surface area contributed by atoms with E-state index in [4.69, 9.17) is 28.7 Å². The van der Waals surface area contributed by atoms with Gasteiger partial charge in [-0.15, -0.1) is 0 Å². The first-order chi connectivity index (χ1) is 16.8. The first-order valence-electron chi connectivity index (χ1n) is 11.7. The zero-order valence-corrected chi connectivity index (χ0v) is 20.9. The number of carbonyl (C=O) groups is 5. The zero-order valence-electron chi connectivity index (χ0n) is 20.9. The Morgan fingerprint density at radius 2 is 1.36 bits per heavy atom. The summed E-state index contributed by atoms with van der Waals surface area (Å²) in [6, 6.07) is -4.66. The van der Waals surface area contributed by atoms with Crippen molar-refractivity contribution in [2.24, 2.45) is 39.6 Å². The highest BCUT2D eigenvalue weighted by molar-refractivity contribution is 5.95. The third kappa shape index (κ3) is 13.4. The van der Waals surface area contributed by atoms with Gasteiger partial charge in [0.1, 0.15) is 18.1 Å². The summed E-state index contributed by atoms with van der Waals surface area (Å²) in [5, 5.41) is 16.9. The van der Waals surface area contributed by atoms with E-state index in [0.29, 0.717) is 25.8 Å². The molecule has 0 aromatic rings. The van der Waals surface area contributed by atoms with Crippen LogP contribution < -0.4 is 44.6 Å². The second-order valence-electron chi connectivity index (χ2n) is 8.70. The van der Waals surface area contributed by atoms with Crippen LogP contribution in [0.4, 0.5) is 0 Å². The number of nitrogens with two attached hydrogens (primary N) is 5. The Morgan fingerprint density at radius 3 is 1.83 bits per heavy atom. The van der Waals surface area contributed by atoms with Crippen LogP contribution in [-0.4, -0.2) is 77.9 Å². The van der Waals surface area contributed by atoms with Crippen LogP contribution in [0.25, 0.3) is 0 Å². The summed E-state index contributed by atoms with van der Waals surface area (Å²) < 4.78 is 0. The number of nitrogens with one attached hydrogen (secondary N) is 3. The van der Waals surface area contributed by atoms with E-state index in [0.717, 1.165) is 0 Å². The molecule has 0 spiro atoms. The maximum Gasteiger partial charge on any atom is 0.326 e. The Morgan fingerprint density at radius 1 is 0.833 bits per heavy atom. The fourth-order valence-electron chi connectivity index (χ4n) is 3.16. The molecule has 15 heteroatoms. The van der Waals surface area contributed by atoms with E-state index in [1.807, 2.05) is 0 Å². The minimum absolute atomic E-state index is 0.0867. The minimum Gasteiger partial charge on any atom is -0.480 e. The Balaban J connectivity index is 5.64. The van der Waals surface area contributed by atoms with Gasteiger partial charge >= 0.3 is 5.97 Å². The van der Waals surface area contributed by atoms with Crippen LogP contribution in [-0.2, 0) is 24.0 Å². The van der Waals surface area contributed by atoms with Gasteiger partial charge in [0.2, 0.25) is 23.6 Å². The average Bonchev–Trinajstić information content (AvgIpc) is 2.77. The molecule has 4 atom stereocenters. The van der Waals surface area contributed by atoms with Crippen molar-refractivity contribution in [2.45, 2.75) is 76.5 Å². The second kappa shape index (κ2) is 17.0. The maximum absolute atomic E-state index is 13.1. The zero-order chi connectivity index (χ0) is 27.8. The van der Waals surface area contributed by atoms with E-state index >= 15 is 0 Å². The molecular formula is C21H41N9O6. The fourth-order valence-corrected chi connectivity index (χ4v) is 3.16. The topological polar surface area (TPSA) is 284 Å². The first-order valence-corrected chi connectivity index (χ1v) is 11.7. The molecule has 14 N–H and O–H groups in total. The van der Waals surface area contributed by atoms with Gasteiger partial charge in [0.15, 0.2) is 5.96 Å². The number of nitrogens with zero attached hydrogens (tertiary/aromatic N) is 1. The molecule has 15 nitrogen and oxygen atoms in total. The van der Waals surface area contributed by atoms with E-state index in [2.05, 4.69) is 20.9 Å². The summed E-state index contributed by atoms with van der Waals surface area (Å²) in [5.74, 6) is -4.73. The smallest absolute Gasteiger partial charge is 0.326 e. The van der Waals surface area contributed by atoms with Gasteiger partial charge in [-0.1, -0.05) is 13.8 Å². The number of aliphatic carboxylic acids is 1. The van der Waals surface area contributed by atoms with Gasteiger partial charge < -0.3 is 49.7 Å². The van der Waals surface area contributed by atoms with Crippen LogP contribution in [0.15, 0.2) is 4.99 Å². The molecular weight excluding hydrogens is 474 g/mol. The lowest BCUT2D eigenvalue weighted by Crippen LogP contribution is -2.57. The number of carboxylic acids is 1. The number of carbonyl (C=O) groups excluding carboxylic acids is 4. The van der Waals surface area contributed by atoms with Gasteiger partial charge in [-0.2, -0.15) is 0 Å². The summed E-state index contributed by atoms with van der Waals surface area (Å²) in [5.41, 5.74) is 26.9. The summed E-state index contributed by atoms with van der Waals surface area (Å²) in [4.78, 5) is 64.8. The summed E-state index contributed by atoms with van der Waals surface area (Å²) in [6.07, 6.45) is 1.21. The van der Waals surface area contributed by atoms with Crippen LogP contribution in [0.2, 0.25) is 0 Å². The lowest BCUT2D eigenvalue weighted by atomic mass is 10.0. The standard InChI is InChI=1S/C21H41N9O6/c1-11(2)16(20(35)36)30-19(34)14(7-5-9-27-21(25)26)29-18(33)13(6-3-4-8-22)28-17(32)12(23)10-15(24)31/h11-14,16H,3-10,22-23H2,1-2H3,(H2,24,31)(H,28,32)(H,29,33)(H,30,34)(H,35,36)(H4,25,26,27). The number of amides is 4. The predicted octanol–water partition coefficient (Wildman–Crippen LogP) is -3.43. The van der Waals surface area contributed by atoms with E-state index in [-0.39, 0.29) is 25.3 Å². The van der Waals surface area contributed by atoms with Gasteiger partial charge in [0.05, 0.1) is 12.5 Å². The van der Waals surface area contributed by atoms with Crippen molar-refractivity contribution < 1.29 is 29.1 Å². The largest absolute Gasteiger partial charge is 0.480 e. The molecule has 0 radical (unpaired) electrons. The molecule has 0 aliphatic rings. The lowest BCUT2D eigenvalue weighted by molar-refractivity contribution is -0.143. The van der Waals surface area contributed by atoms with Gasteiger partial charge in [0.25, 0.3) is 0 Å². The average molecular weight is 516 g/mol. The van der Waals surface area contributed by atoms with Crippen molar-refractivity contribution in [1.82, 2.24) is 16.0 Å². The summed E-state index contributed by atoms with van der Waals surface area (Å²) in [6.45, 7) is 3.80. The van der Waals surface area contributed by atoms with Crippen LogP contribution in [0.5, 0.6) is 0 Å². The first kappa shape index (κ1) is 32.5. The molecule has 0 bridgehead atoms. The normalized spacial score (nSPS) is 14.1. The van der Waals surface area contributed by atoms with Crippen LogP contribution in [0.1, 0.15) is 52.4 Å². The summed E-state index contributed by atoms with van der Waals surface area (Å²) in [7, 11) is 0. The quantitative estimate of drug-likeness (QED) is 0.0494. The van der Waals surface area contributed by atoms with E-state index < -0.39 is 66.1 Å². The van der Waals surface area contributed by atoms with Crippen molar-refractivity contribution in [3.63, 3.8) is 0 Å². The highest BCUT2D eigenvalue weighted by Gasteiger charge is 2.31. The number of hydrogen-bond donors (Lipinski definition) is 9. The summed E-state index contributed by atoms with van der Waals surface area (Å²) >= 11 is 0. The SMILES string of the molecule is CC(C)C(NC(=O)C(CCCN=C(N)N)NC(=O)C(CCCCN)NC(=O)C(N)CC(N)=O)C(=O)O. The van der Waals surface area contributed by atoms with Gasteiger partial charge in [-0.05, 0) is 44.6 Å². The van der Waals surface area contributed by atoms with Crippen LogP contribution in [0.3, 0.4) is 0 Å². The Hall–Kier alpha value is -3.46. The lowest BCUT2D eigenvalue weighted by Gasteiger charge is -2.26. The van der Waals surface area contributed by atoms with Crippen molar-refractivity contribution in [3.05, 3.63) is 0 Å². The maximum atomic E-state index is 13.1. The third-order valence-electron chi connectivity index (χ3n) is 5.15. The molecule has 0 aromatic heterocycles. The number of aliphatic imine (C=N–C) groups is 1. The molecule has 36 heavy (non-hydrogen) atoms. The Labute approximate surface area is 210 Å². The molecule has 0 saturated heterocycles. The third-order valence-corrected chi connectivity index (χ3v) is 5.15. The number of rotatable bonds is 18. The molecule has 0 fully saturated rings. The molecule has 0 saturated carbocycles. The number of unbranched alkanes of at least 4 members (excludes halogenated alkanes) is 1. The highest BCUT2D eigenvalue weighted by Crippen LogP contribution is 2.07. The molecule has 206 valence electrons. The van der Waals surface area contributed by atoms with Crippen molar-refractivity contribution in [2.75, 3.05) is 13.1 Å². The second-order valence-corrected chi connectivity index (χ2v) is 8.70. The Bertz CT molecular complexity index is 786. The van der Waals surface area contributed by atoms with E-state index in [9.17, 15) is 29.1 Å².